The SMILES string of the molecule is CN1CCN(S(=O)(=O)c2cccc(NC(=O)CC(NC(N)=O)c3cccs3)c2)CC1. The molecule has 9 nitrogen and oxygen atoms in total. The van der Waals surface area contributed by atoms with Gasteiger partial charge in [-0.05, 0) is 36.7 Å². The smallest absolute Gasteiger partial charge is 0.312 e. The van der Waals surface area contributed by atoms with E-state index in [-0.39, 0.29) is 17.2 Å². The number of rotatable bonds is 7. The number of hydrogen-bond donors (Lipinski definition) is 3. The van der Waals surface area contributed by atoms with Gasteiger partial charge < -0.3 is 21.3 Å². The second-order valence-electron chi connectivity index (χ2n) is 7.06. The third-order valence-corrected chi connectivity index (χ3v) is 7.69. The molecule has 3 rings (SSSR count). The molecule has 0 bridgehead atoms. The first-order valence-electron chi connectivity index (χ1n) is 9.43. The number of nitrogens with two attached hydrogens (primary N) is 1. The van der Waals surface area contributed by atoms with Gasteiger partial charge in [-0.3, -0.25) is 4.79 Å². The first-order chi connectivity index (χ1) is 14.3. The summed E-state index contributed by atoms with van der Waals surface area (Å²) in [5, 5.41) is 7.12. The van der Waals surface area contributed by atoms with Crippen LogP contribution in [0.25, 0.3) is 0 Å². The summed E-state index contributed by atoms with van der Waals surface area (Å²) in [4.78, 5) is 26.8. The van der Waals surface area contributed by atoms with E-state index in [0.29, 0.717) is 31.9 Å². The standard InChI is InChI=1S/C19H25N5O4S2/c1-23-7-9-24(10-8-23)30(27,28)15-5-2-4-14(12-15)21-18(25)13-16(22-19(20)26)17-6-3-11-29-17/h2-6,11-12,16H,7-10,13H2,1H3,(H,21,25)(H3,20,22,26). The van der Waals surface area contributed by atoms with Crippen molar-refractivity contribution in [2.45, 2.75) is 17.4 Å². The van der Waals surface area contributed by atoms with Crippen LogP contribution in [0.15, 0.2) is 46.7 Å². The number of thiophene rings is 1. The van der Waals surface area contributed by atoms with Crippen molar-refractivity contribution in [3.8, 4) is 0 Å². The minimum absolute atomic E-state index is 0.0289. The molecule has 11 heteroatoms. The first-order valence-corrected chi connectivity index (χ1v) is 11.8. The van der Waals surface area contributed by atoms with E-state index in [1.807, 2.05) is 24.6 Å². The van der Waals surface area contributed by atoms with E-state index in [1.54, 1.807) is 12.1 Å². The minimum atomic E-state index is -3.63. The van der Waals surface area contributed by atoms with E-state index in [9.17, 15) is 18.0 Å². The van der Waals surface area contributed by atoms with Crippen LogP contribution in [0.4, 0.5) is 10.5 Å². The molecule has 2 aromatic rings. The van der Waals surface area contributed by atoms with Gasteiger partial charge in [-0.1, -0.05) is 12.1 Å². The van der Waals surface area contributed by atoms with E-state index in [0.717, 1.165) is 4.88 Å². The fourth-order valence-corrected chi connectivity index (χ4v) is 5.44. The van der Waals surface area contributed by atoms with E-state index in [2.05, 4.69) is 15.5 Å². The number of anilines is 1. The van der Waals surface area contributed by atoms with E-state index >= 15 is 0 Å². The summed E-state index contributed by atoms with van der Waals surface area (Å²) >= 11 is 1.40. The molecule has 1 aromatic carbocycles. The van der Waals surface area contributed by atoms with Crippen LogP contribution in [0.5, 0.6) is 0 Å². The molecule has 1 saturated heterocycles. The largest absolute Gasteiger partial charge is 0.352 e. The maximum atomic E-state index is 12.9. The second-order valence-corrected chi connectivity index (χ2v) is 9.98. The van der Waals surface area contributed by atoms with Crippen molar-refractivity contribution in [1.29, 1.82) is 0 Å². The number of carbonyl (C=O) groups is 2. The summed E-state index contributed by atoms with van der Waals surface area (Å²) in [6.45, 7) is 2.20. The molecule has 4 N–H and O–H groups in total. The van der Waals surface area contributed by atoms with Crippen molar-refractivity contribution in [3.63, 3.8) is 0 Å². The Balaban J connectivity index is 1.70. The highest BCUT2D eigenvalue weighted by atomic mass is 32.2. The van der Waals surface area contributed by atoms with Crippen molar-refractivity contribution >= 4 is 39.0 Å². The van der Waals surface area contributed by atoms with Gasteiger partial charge in [0.25, 0.3) is 0 Å². The molecule has 0 aliphatic carbocycles. The number of nitrogens with one attached hydrogen (secondary N) is 2. The lowest BCUT2D eigenvalue weighted by atomic mass is 10.1. The van der Waals surface area contributed by atoms with Gasteiger partial charge in [-0.25, -0.2) is 13.2 Å². The second kappa shape index (κ2) is 9.56. The number of primary amides is 1. The Morgan fingerprint density at radius 1 is 1.17 bits per heavy atom. The topological polar surface area (TPSA) is 125 Å². The monoisotopic (exact) mass is 451 g/mol. The quantitative estimate of drug-likeness (QED) is 0.587. The zero-order valence-corrected chi connectivity index (χ0v) is 18.2. The lowest BCUT2D eigenvalue weighted by molar-refractivity contribution is -0.116. The Morgan fingerprint density at radius 2 is 1.90 bits per heavy atom. The molecule has 1 unspecified atom stereocenters. The van der Waals surface area contributed by atoms with Gasteiger partial charge in [0.2, 0.25) is 15.9 Å². The van der Waals surface area contributed by atoms with Gasteiger partial charge in [0, 0.05) is 36.7 Å². The Hall–Kier alpha value is -2.47. The van der Waals surface area contributed by atoms with Crippen molar-refractivity contribution < 1.29 is 18.0 Å². The minimum Gasteiger partial charge on any atom is -0.352 e. The molecule has 3 amide bonds. The summed E-state index contributed by atoms with van der Waals surface area (Å²) in [5.74, 6) is -0.365. The molecule has 162 valence electrons. The van der Waals surface area contributed by atoms with Crippen LogP contribution in [0, 0.1) is 0 Å². The number of urea groups is 1. The van der Waals surface area contributed by atoms with Gasteiger partial charge in [0.1, 0.15) is 0 Å². The summed E-state index contributed by atoms with van der Waals surface area (Å²) in [6, 6.07) is 8.54. The lowest BCUT2D eigenvalue weighted by Crippen LogP contribution is -2.47. The fourth-order valence-electron chi connectivity index (χ4n) is 3.19. The average Bonchev–Trinajstić information content (AvgIpc) is 3.22. The van der Waals surface area contributed by atoms with Crippen LogP contribution < -0.4 is 16.4 Å². The van der Waals surface area contributed by atoms with Gasteiger partial charge >= 0.3 is 6.03 Å². The molecule has 1 atom stereocenters. The summed E-state index contributed by atoms with van der Waals surface area (Å²) in [7, 11) is -1.68. The molecule has 1 fully saturated rings. The molecule has 0 radical (unpaired) electrons. The van der Waals surface area contributed by atoms with Crippen LogP contribution in [0.1, 0.15) is 17.3 Å². The van der Waals surface area contributed by atoms with E-state index in [1.165, 1.54) is 27.8 Å². The van der Waals surface area contributed by atoms with Crippen LogP contribution in [-0.2, 0) is 14.8 Å². The molecular weight excluding hydrogens is 426 g/mol. The van der Waals surface area contributed by atoms with E-state index in [4.69, 9.17) is 5.73 Å². The maximum Gasteiger partial charge on any atom is 0.312 e. The highest BCUT2D eigenvalue weighted by Crippen LogP contribution is 2.24. The van der Waals surface area contributed by atoms with Crippen molar-refractivity contribution in [2.75, 3.05) is 38.5 Å². The predicted molar refractivity (Wildman–Crippen MR) is 116 cm³/mol. The Labute approximate surface area is 179 Å². The summed E-state index contributed by atoms with van der Waals surface area (Å²) < 4.78 is 27.3. The van der Waals surface area contributed by atoms with Gasteiger partial charge in [0.05, 0.1) is 17.4 Å². The van der Waals surface area contributed by atoms with Crippen LogP contribution >= 0.6 is 11.3 Å². The summed E-state index contributed by atoms with van der Waals surface area (Å²) in [6.07, 6.45) is -0.0289. The number of hydrogen-bond acceptors (Lipinski definition) is 6. The number of sulfonamides is 1. The molecule has 1 aliphatic heterocycles. The highest BCUT2D eigenvalue weighted by Gasteiger charge is 2.27. The molecule has 0 saturated carbocycles. The first kappa shape index (κ1) is 22.2. The Kier molecular flexibility index (Phi) is 7.08. The fraction of sp³-hybridized carbons (Fsp3) is 0.368. The van der Waals surface area contributed by atoms with Crippen LogP contribution in [0.3, 0.4) is 0 Å². The molecular formula is C19H25N5O4S2. The molecule has 30 heavy (non-hydrogen) atoms. The Morgan fingerprint density at radius 3 is 2.53 bits per heavy atom. The lowest BCUT2D eigenvalue weighted by Gasteiger charge is -2.31. The van der Waals surface area contributed by atoms with Crippen molar-refractivity contribution in [2.24, 2.45) is 5.73 Å². The van der Waals surface area contributed by atoms with Crippen LogP contribution in [-0.4, -0.2) is 62.8 Å². The molecule has 1 aromatic heterocycles. The molecule has 2 heterocycles. The third kappa shape index (κ3) is 5.57. The van der Waals surface area contributed by atoms with Gasteiger partial charge in [0.15, 0.2) is 0 Å². The number of amides is 3. The van der Waals surface area contributed by atoms with Crippen LogP contribution in [0.2, 0.25) is 0 Å². The number of piperazine rings is 1. The maximum absolute atomic E-state index is 12.9. The number of likely N-dealkylation sites (N-methyl/N-ethyl adjacent to an activating group) is 1. The average molecular weight is 452 g/mol. The van der Waals surface area contributed by atoms with Crippen molar-refractivity contribution in [3.05, 3.63) is 46.7 Å². The summed E-state index contributed by atoms with van der Waals surface area (Å²) in [5.41, 5.74) is 5.60. The highest BCUT2D eigenvalue weighted by molar-refractivity contribution is 7.89. The van der Waals surface area contributed by atoms with E-state index < -0.39 is 22.1 Å². The number of carbonyl (C=O) groups excluding carboxylic acids is 2. The van der Waals surface area contributed by atoms with Gasteiger partial charge in [-0.2, -0.15) is 4.31 Å². The third-order valence-electron chi connectivity index (χ3n) is 4.81. The predicted octanol–water partition coefficient (Wildman–Crippen LogP) is 1.42. The van der Waals surface area contributed by atoms with Gasteiger partial charge in [-0.15, -0.1) is 11.3 Å². The molecule has 0 spiro atoms. The zero-order chi connectivity index (χ0) is 21.7. The number of benzene rings is 1. The normalized spacial score (nSPS) is 16.7. The Bertz CT molecular complexity index is 986. The molecule has 1 aliphatic rings. The zero-order valence-electron chi connectivity index (χ0n) is 16.6. The number of nitrogens with zero attached hydrogens (tertiary/aromatic N) is 2. The van der Waals surface area contributed by atoms with Crippen molar-refractivity contribution in [1.82, 2.24) is 14.5 Å².